The molecule has 0 fully saturated rings. The van der Waals surface area contributed by atoms with E-state index >= 15 is 0 Å². The Morgan fingerprint density at radius 3 is 2.62 bits per heavy atom. The number of hydrogen-bond donors (Lipinski definition) is 0. The van der Waals surface area contributed by atoms with Crippen LogP contribution in [0.1, 0.15) is 32.9 Å². The van der Waals surface area contributed by atoms with Crippen molar-refractivity contribution < 1.29 is 13.8 Å². The summed E-state index contributed by atoms with van der Waals surface area (Å²) in [4.78, 5) is 8.09. The van der Waals surface area contributed by atoms with Gasteiger partial charge in [0.05, 0.1) is 25.5 Å². The van der Waals surface area contributed by atoms with Crippen molar-refractivity contribution in [3.05, 3.63) is 17.0 Å². The van der Waals surface area contributed by atoms with Crippen LogP contribution in [0.5, 0.6) is 5.88 Å². The van der Waals surface area contributed by atoms with Crippen LogP contribution in [-0.4, -0.2) is 28.9 Å². The maximum atomic E-state index is 5.87. The van der Waals surface area contributed by atoms with Crippen molar-refractivity contribution in [1.29, 1.82) is 0 Å². The lowest BCUT2D eigenvalue weighted by Crippen LogP contribution is -2.01. The van der Waals surface area contributed by atoms with E-state index in [9.17, 15) is 0 Å². The van der Waals surface area contributed by atoms with Crippen LogP contribution in [-0.2, 0) is 27.5 Å². The number of rotatable bonds is 10. The molecule has 9 heteroatoms. The second kappa shape index (κ2) is 9.98. The molecule has 1 aromatic rings. The van der Waals surface area contributed by atoms with Crippen molar-refractivity contribution in [1.82, 2.24) is 9.97 Å². The first-order valence-corrected chi connectivity index (χ1v) is 11.3. The molecule has 1 heterocycles. The molecule has 0 N–H and O–H groups in total. The summed E-state index contributed by atoms with van der Waals surface area (Å²) in [5.41, 5.74) is -1.71. The summed E-state index contributed by atoms with van der Waals surface area (Å²) >= 11 is 12.9. The molecule has 0 radical (unpaired) electrons. The highest BCUT2D eigenvalue weighted by Gasteiger charge is 2.19. The number of halogens is 1. The summed E-state index contributed by atoms with van der Waals surface area (Å²) in [6, 6.07) is 1.70. The van der Waals surface area contributed by atoms with Gasteiger partial charge in [-0.05, 0) is 43.7 Å². The van der Waals surface area contributed by atoms with Gasteiger partial charge in [-0.1, -0.05) is 18.3 Å². The van der Waals surface area contributed by atoms with Crippen LogP contribution in [0, 0.1) is 0 Å². The normalized spacial score (nSPS) is 13.9. The zero-order valence-corrected chi connectivity index (χ0v) is 15.7. The van der Waals surface area contributed by atoms with E-state index in [0.717, 1.165) is 12.2 Å². The third-order valence-corrected chi connectivity index (χ3v) is 7.94. The van der Waals surface area contributed by atoms with Crippen molar-refractivity contribution in [2.24, 2.45) is 0 Å². The Morgan fingerprint density at radius 1 is 1.24 bits per heavy atom. The average Bonchev–Trinajstić information content (AvgIpc) is 2.43. The molecule has 0 saturated heterocycles. The topological polar surface area (TPSA) is 53.5 Å². The van der Waals surface area contributed by atoms with Gasteiger partial charge < -0.3 is 13.8 Å². The molecular formula is C12H20ClN2O3PS2. The SMILES string of the molecule is CCCS[P@@](=S)(OCC)OCc1cc(OCC)nc(Cl)n1. The summed E-state index contributed by atoms with van der Waals surface area (Å²) in [7, 11) is 0. The number of aromatic nitrogens is 2. The lowest BCUT2D eigenvalue weighted by atomic mass is 10.4. The summed E-state index contributed by atoms with van der Waals surface area (Å²) in [5, 5.41) is 0.130. The predicted molar refractivity (Wildman–Crippen MR) is 91.7 cm³/mol. The Kier molecular flexibility index (Phi) is 9.09. The average molecular weight is 371 g/mol. The molecule has 0 amide bonds. The Hall–Kier alpha value is 0.0900. The summed E-state index contributed by atoms with van der Waals surface area (Å²) in [6.07, 6.45) is 1.02. The minimum Gasteiger partial charge on any atom is -0.478 e. The molecule has 0 aliphatic heterocycles. The van der Waals surface area contributed by atoms with Crippen molar-refractivity contribution in [3.8, 4) is 5.88 Å². The second-order valence-corrected chi connectivity index (χ2v) is 10.6. The molecule has 0 spiro atoms. The molecule has 0 unspecified atom stereocenters. The van der Waals surface area contributed by atoms with Gasteiger partial charge in [-0.3, -0.25) is 0 Å². The highest BCUT2D eigenvalue weighted by atomic mass is 35.5. The van der Waals surface area contributed by atoms with Gasteiger partial charge in [0.2, 0.25) is 16.9 Å². The minimum atomic E-state index is -2.34. The Labute approximate surface area is 140 Å². The number of hydrogen-bond acceptors (Lipinski definition) is 7. The predicted octanol–water partition coefficient (Wildman–Crippen LogP) is 4.45. The van der Waals surface area contributed by atoms with Gasteiger partial charge in [0.15, 0.2) is 0 Å². The van der Waals surface area contributed by atoms with Crippen LogP contribution in [0.2, 0.25) is 5.28 Å². The summed E-state index contributed by atoms with van der Waals surface area (Å²) in [6.45, 7) is 7.15. The standard InChI is InChI=1S/C12H20ClN2O3PS2/c1-4-7-21-19(20,17-6-3)18-9-10-8-11(16-5-2)15-12(13)14-10/h8H,4-7,9H2,1-3H3/t19-/m0/s1. The number of ether oxygens (including phenoxy) is 1. The van der Waals surface area contributed by atoms with Crippen molar-refractivity contribution in [3.63, 3.8) is 0 Å². The Morgan fingerprint density at radius 2 is 2.00 bits per heavy atom. The quantitative estimate of drug-likeness (QED) is 0.445. The van der Waals surface area contributed by atoms with Gasteiger partial charge in [0, 0.05) is 11.8 Å². The van der Waals surface area contributed by atoms with Crippen LogP contribution in [0.25, 0.3) is 0 Å². The first kappa shape index (κ1) is 19.1. The largest absolute Gasteiger partial charge is 0.478 e. The molecule has 21 heavy (non-hydrogen) atoms. The third-order valence-electron chi connectivity index (χ3n) is 2.13. The van der Waals surface area contributed by atoms with Crippen molar-refractivity contribution >= 4 is 40.5 Å². The van der Waals surface area contributed by atoms with E-state index in [0.29, 0.717) is 24.8 Å². The number of nitrogens with zero attached hydrogens (tertiary/aromatic N) is 2. The zero-order chi connectivity index (χ0) is 15.7. The molecule has 1 atom stereocenters. The fourth-order valence-corrected chi connectivity index (χ4v) is 6.07. The summed E-state index contributed by atoms with van der Waals surface area (Å²) in [5.74, 6) is 1.34. The van der Waals surface area contributed by atoms with Crippen LogP contribution in [0.15, 0.2) is 6.07 Å². The van der Waals surface area contributed by atoms with Gasteiger partial charge in [0.25, 0.3) is 0 Å². The lowest BCUT2D eigenvalue weighted by molar-refractivity contribution is 0.257. The fourth-order valence-electron chi connectivity index (χ4n) is 1.36. The highest BCUT2D eigenvalue weighted by Crippen LogP contribution is 2.61. The van der Waals surface area contributed by atoms with Gasteiger partial charge in [-0.2, -0.15) is 4.98 Å². The van der Waals surface area contributed by atoms with Crippen LogP contribution in [0.3, 0.4) is 0 Å². The first-order valence-electron chi connectivity index (χ1n) is 6.72. The molecule has 0 saturated carbocycles. The highest BCUT2D eigenvalue weighted by molar-refractivity contribution is 8.67. The molecule has 0 bridgehead atoms. The second-order valence-electron chi connectivity index (χ2n) is 3.87. The minimum absolute atomic E-state index is 0.130. The van der Waals surface area contributed by atoms with E-state index in [1.165, 1.54) is 0 Å². The molecular weight excluding hydrogens is 351 g/mol. The van der Waals surface area contributed by atoms with E-state index in [-0.39, 0.29) is 11.9 Å². The summed E-state index contributed by atoms with van der Waals surface area (Å²) < 4.78 is 16.8. The van der Waals surface area contributed by atoms with Crippen molar-refractivity contribution in [2.75, 3.05) is 19.0 Å². The van der Waals surface area contributed by atoms with Crippen LogP contribution < -0.4 is 4.74 Å². The van der Waals surface area contributed by atoms with Crippen LogP contribution in [0.4, 0.5) is 0 Å². The van der Waals surface area contributed by atoms with Gasteiger partial charge in [0.1, 0.15) is 0 Å². The first-order chi connectivity index (χ1) is 10.0. The third kappa shape index (κ3) is 7.26. The van der Waals surface area contributed by atoms with Crippen LogP contribution >= 0.6 is 28.7 Å². The zero-order valence-electron chi connectivity index (χ0n) is 12.4. The molecule has 120 valence electrons. The van der Waals surface area contributed by atoms with Gasteiger partial charge in [-0.15, -0.1) is 0 Å². The van der Waals surface area contributed by atoms with Gasteiger partial charge in [-0.25, -0.2) is 4.98 Å². The van der Waals surface area contributed by atoms with Gasteiger partial charge >= 0.3 is 0 Å². The maximum absolute atomic E-state index is 5.87. The molecule has 1 aromatic heterocycles. The Balaban J connectivity index is 2.72. The molecule has 0 aliphatic carbocycles. The van der Waals surface area contributed by atoms with E-state index in [2.05, 4.69) is 16.9 Å². The maximum Gasteiger partial charge on any atom is 0.247 e. The molecule has 1 rings (SSSR count). The lowest BCUT2D eigenvalue weighted by Gasteiger charge is -2.20. The monoisotopic (exact) mass is 370 g/mol. The van der Waals surface area contributed by atoms with Crippen molar-refractivity contribution in [2.45, 2.75) is 33.8 Å². The molecule has 5 nitrogen and oxygen atoms in total. The van der Waals surface area contributed by atoms with E-state index in [4.69, 9.17) is 37.2 Å². The molecule has 0 aromatic carbocycles. The van der Waals surface area contributed by atoms with E-state index < -0.39 is 5.69 Å². The van der Waals surface area contributed by atoms with E-state index in [1.807, 2.05) is 13.8 Å². The smallest absolute Gasteiger partial charge is 0.247 e. The fraction of sp³-hybridized carbons (Fsp3) is 0.667. The van der Waals surface area contributed by atoms with E-state index in [1.54, 1.807) is 17.4 Å². The Bertz CT molecular complexity index is 494. The molecule has 0 aliphatic rings.